The Morgan fingerprint density at radius 2 is 1.75 bits per heavy atom. The average molecular weight is 328 g/mol. The molecule has 0 aromatic heterocycles. The van der Waals surface area contributed by atoms with E-state index in [1.807, 2.05) is 30.3 Å². The van der Waals surface area contributed by atoms with Crippen molar-refractivity contribution in [1.29, 1.82) is 0 Å². The van der Waals surface area contributed by atoms with Crippen molar-refractivity contribution >= 4 is 5.91 Å². The van der Waals surface area contributed by atoms with Crippen LogP contribution >= 0.6 is 0 Å². The van der Waals surface area contributed by atoms with Gasteiger partial charge in [0, 0.05) is 18.5 Å². The highest BCUT2D eigenvalue weighted by atomic mass is 16.3. The summed E-state index contributed by atoms with van der Waals surface area (Å²) in [5, 5.41) is 14.8. The number of hydrogen-bond donors (Lipinski definition) is 2. The van der Waals surface area contributed by atoms with Crippen LogP contribution in [0.25, 0.3) is 0 Å². The first-order valence-corrected chi connectivity index (χ1v) is 9.49. The molecule has 4 aliphatic rings. The van der Waals surface area contributed by atoms with Gasteiger partial charge in [0.15, 0.2) is 5.60 Å². The minimum absolute atomic E-state index is 0.0287. The lowest BCUT2D eigenvalue weighted by atomic mass is 9.78. The zero-order chi connectivity index (χ0) is 16.6. The van der Waals surface area contributed by atoms with Crippen molar-refractivity contribution in [3.63, 3.8) is 0 Å². The Kier molecular flexibility index (Phi) is 4.35. The molecular formula is C20H28N2O2. The zero-order valence-electron chi connectivity index (χ0n) is 14.3. The first kappa shape index (κ1) is 16.1. The molecule has 2 atom stereocenters. The van der Waals surface area contributed by atoms with E-state index in [9.17, 15) is 9.90 Å². The van der Waals surface area contributed by atoms with E-state index in [1.165, 1.54) is 0 Å². The third kappa shape index (κ3) is 2.76. The first-order valence-electron chi connectivity index (χ1n) is 9.49. The monoisotopic (exact) mass is 328 g/mol. The number of amides is 1. The van der Waals surface area contributed by atoms with E-state index in [0.29, 0.717) is 5.92 Å². The molecule has 4 nitrogen and oxygen atoms in total. The molecular weight excluding hydrogens is 300 g/mol. The topological polar surface area (TPSA) is 52.6 Å². The third-order valence-electron chi connectivity index (χ3n) is 6.48. The molecule has 4 heteroatoms. The van der Waals surface area contributed by atoms with Crippen molar-refractivity contribution in [3.8, 4) is 0 Å². The molecule has 2 unspecified atom stereocenters. The van der Waals surface area contributed by atoms with E-state index in [1.54, 1.807) is 0 Å². The summed E-state index contributed by atoms with van der Waals surface area (Å²) >= 11 is 0. The van der Waals surface area contributed by atoms with Crippen LogP contribution in [0.3, 0.4) is 0 Å². The summed E-state index contributed by atoms with van der Waals surface area (Å²) in [6.07, 6.45) is 6.40. The number of rotatable bonds is 4. The van der Waals surface area contributed by atoms with E-state index in [4.69, 9.17) is 0 Å². The second-order valence-electron chi connectivity index (χ2n) is 7.83. The lowest BCUT2D eigenvalue weighted by Crippen LogP contribution is -2.61. The second-order valence-corrected chi connectivity index (χ2v) is 7.83. The quantitative estimate of drug-likeness (QED) is 0.891. The molecule has 2 N–H and O–H groups in total. The number of nitrogens with one attached hydrogen (secondary N) is 1. The Bertz CT molecular complexity index is 577. The summed E-state index contributed by atoms with van der Waals surface area (Å²) < 4.78 is 0. The molecule has 1 amide bonds. The molecule has 1 aromatic carbocycles. The molecule has 0 radical (unpaired) electrons. The molecule has 3 aliphatic heterocycles. The highest BCUT2D eigenvalue weighted by molar-refractivity contribution is 5.87. The van der Waals surface area contributed by atoms with Crippen molar-refractivity contribution in [2.24, 2.45) is 11.8 Å². The van der Waals surface area contributed by atoms with E-state index in [0.717, 1.165) is 63.7 Å². The summed E-state index contributed by atoms with van der Waals surface area (Å²) in [5.74, 6) is 0.419. The molecule has 3 heterocycles. The van der Waals surface area contributed by atoms with E-state index in [2.05, 4.69) is 10.2 Å². The van der Waals surface area contributed by atoms with E-state index in [-0.39, 0.29) is 17.9 Å². The maximum absolute atomic E-state index is 13.2. The van der Waals surface area contributed by atoms with Gasteiger partial charge in [-0.15, -0.1) is 0 Å². The molecule has 4 fully saturated rings. The summed E-state index contributed by atoms with van der Waals surface area (Å²) in [5.41, 5.74) is -0.639. The van der Waals surface area contributed by atoms with Crippen LogP contribution < -0.4 is 5.32 Å². The largest absolute Gasteiger partial charge is 0.375 e. The number of carbonyl (C=O) groups excluding carboxylic acids is 1. The van der Waals surface area contributed by atoms with Crippen LogP contribution in [-0.2, 0) is 10.4 Å². The fourth-order valence-electron chi connectivity index (χ4n) is 5.00. The van der Waals surface area contributed by atoms with Gasteiger partial charge >= 0.3 is 0 Å². The SMILES string of the molecule is O=C(NC1CN2CCC1CC2)C(O)(c1ccccc1)C1CCCC1. The fraction of sp³-hybridized carbons (Fsp3) is 0.650. The molecule has 1 aromatic rings. The first-order chi connectivity index (χ1) is 11.7. The van der Waals surface area contributed by atoms with Crippen LogP contribution in [0.5, 0.6) is 0 Å². The van der Waals surface area contributed by atoms with Crippen LogP contribution in [0.15, 0.2) is 30.3 Å². The highest BCUT2D eigenvalue weighted by Gasteiger charge is 2.48. The number of aliphatic hydroxyl groups is 1. The smallest absolute Gasteiger partial charge is 0.257 e. The van der Waals surface area contributed by atoms with Crippen LogP contribution in [0.4, 0.5) is 0 Å². The maximum atomic E-state index is 13.2. The van der Waals surface area contributed by atoms with Gasteiger partial charge in [0.2, 0.25) is 0 Å². The highest BCUT2D eigenvalue weighted by Crippen LogP contribution is 2.41. The Labute approximate surface area is 144 Å². The molecule has 5 rings (SSSR count). The minimum Gasteiger partial charge on any atom is -0.375 e. The number of fused-ring (bicyclic) bond motifs is 3. The summed E-state index contributed by atoms with van der Waals surface area (Å²) in [4.78, 5) is 15.6. The van der Waals surface area contributed by atoms with Crippen molar-refractivity contribution in [2.75, 3.05) is 19.6 Å². The van der Waals surface area contributed by atoms with Crippen LogP contribution in [0.1, 0.15) is 44.1 Å². The third-order valence-corrected chi connectivity index (χ3v) is 6.48. The summed E-state index contributed by atoms with van der Waals surface area (Å²) in [6.45, 7) is 3.25. The van der Waals surface area contributed by atoms with Gasteiger partial charge < -0.3 is 15.3 Å². The lowest BCUT2D eigenvalue weighted by molar-refractivity contribution is -0.149. The minimum atomic E-state index is -1.39. The number of benzene rings is 1. The number of hydrogen-bond acceptors (Lipinski definition) is 3. The Balaban J connectivity index is 1.57. The van der Waals surface area contributed by atoms with Gasteiger partial charge in [-0.25, -0.2) is 0 Å². The molecule has 1 saturated carbocycles. The average Bonchev–Trinajstić information content (AvgIpc) is 3.18. The maximum Gasteiger partial charge on any atom is 0.257 e. The number of carbonyl (C=O) groups is 1. The fourth-order valence-corrected chi connectivity index (χ4v) is 5.00. The Hall–Kier alpha value is -1.39. The molecule has 2 bridgehead atoms. The lowest BCUT2D eigenvalue weighted by Gasteiger charge is -2.46. The van der Waals surface area contributed by atoms with Gasteiger partial charge in [-0.1, -0.05) is 43.2 Å². The number of piperidine rings is 3. The van der Waals surface area contributed by atoms with Gasteiger partial charge in [0.25, 0.3) is 5.91 Å². The predicted molar refractivity (Wildman–Crippen MR) is 93.4 cm³/mol. The Morgan fingerprint density at radius 1 is 1.08 bits per heavy atom. The van der Waals surface area contributed by atoms with Gasteiger partial charge in [0.1, 0.15) is 0 Å². The van der Waals surface area contributed by atoms with Gasteiger partial charge in [-0.3, -0.25) is 4.79 Å². The van der Waals surface area contributed by atoms with E-state index < -0.39 is 5.60 Å². The van der Waals surface area contributed by atoms with Gasteiger partial charge in [-0.2, -0.15) is 0 Å². The van der Waals surface area contributed by atoms with Crippen molar-refractivity contribution in [1.82, 2.24) is 10.2 Å². The normalized spacial score (nSPS) is 32.5. The number of nitrogens with zero attached hydrogens (tertiary/aromatic N) is 1. The molecule has 0 spiro atoms. The van der Waals surface area contributed by atoms with Gasteiger partial charge in [0.05, 0.1) is 0 Å². The van der Waals surface area contributed by atoms with Gasteiger partial charge in [-0.05, 0) is 50.3 Å². The molecule has 3 saturated heterocycles. The standard InChI is InChI=1S/C20H28N2O2/c23-19(21-18-14-22-12-10-15(18)11-13-22)20(24,17-8-4-5-9-17)16-6-2-1-3-7-16/h1-3,6-7,15,17-18,24H,4-5,8-14H2,(H,21,23). The van der Waals surface area contributed by atoms with Crippen LogP contribution in [0.2, 0.25) is 0 Å². The second kappa shape index (κ2) is 6.49. The van der Waals surface area contributed by atoms with E-state index >= 15 is 0 Å². The molecule has 1 aliphatic carbocycles. The van der Waals surface area contributed by atoms with Crippen molar-refractivity contribution in [3.05, 3.63) is 35.9 Å². The van der Waals surface area contributed by atoms with Crippen molar-refractivity contribution in [2.45, 2.75) is 50.2 Å². The summed E-state index contributed by atoms with van der Waals surface area (Å²) in [7, 11) is 0. The summed E-state index contributed by atoms with van der Waals surface area (Å²) in [6, 6.07) is 9.75. The zero-order valence-corrected chi connectivity index (χ0v) is 14.3. The van der Waals surface area contributed by atoms with Crippen LogP contribution in [-0.4, -0.2) is 41.6 Å². The molecule has 24 heavy (non-hydrogen) atoms. The predicted octanol–water partition coefficient (Wildman–Crippen LogP) is 2.27. The Morgan fingerprint density at radius 3 is 2.33 bits per heavy atom. The van der Waals surface area contributed by atoms with Crippen LogP contribution in [0, 0.1) is 11.8 Å². The molecule has 130 valence electrons. The van der Waals surface area contributed by atoms with Crippen molar-refractivity contribution < 1.29 is 9.90 Å².